The highest BCUT2D eigenvalue weighted by molar-refractivity contribution is 5.85. The molecule has 0 saturated heterocycles. The monoisotopic (exact) mass is 292 g/mol. The van der Waals surface area contributed by atoms with Crippen molar-refractivity contribution in [3.05, 3.63) is 24.3 Å². The van der Waals surface area contributed by atoms with Crippen molar-refractivity contribution in [2.45, 2.75) is 65.5 Å². The van der Waals surface area contributed by atoms with E-state index in [-0.39, 0.29) is 0 Å². The second-order valence-electron chi connectivity index (χ2n) is 6.40. The Balaban J connectivity index is 2.58. The van der Waals surface area contributed by atoms with Crippen molar-refractivity contribution in [3.63, 3.8) is 0 Å². The predicted octanol–water partition coefficient (Wildman–Crippen LogP) is 5.02. The van der Waals surface area contributed by atoms with Crippen molar-refractivity contribution in [3.8, 4) is 0 Å². The predicted molar refractivity (Wildman–Crippen MR) is 88.9 cm³/mol. The fraction of sp³-hybridized carbons (Fsp3) is 0.588. The topological polar surface area (TPSA) is 50.4 Å². The lowest BCUT2D eigenvalue weighted by molar-refractivity contribution is 0.0636. The van der Waals surface area contributed by atoms with Crippen LogP contribution in [0.5, 0.6) is 0 Å². The average molecular weight is 292 g/mol. The summed E-state index contributed by atoms with van der Waals surface area (Å²) in [5.74, 6) is 0. The minimum absolute atomic E-state index is 0.418. The third-order valence-electron chi connectivity index (χ3n) is 2.91. The normalized spacial score (nSPS) is 12.6. The zero-order chi connectivity index (χ0) is 15.9. The summed E-state index contributed by atoms with van der Waals surface area (Å²) in [5, 5.41) is 6.20. The van der Waals surface area contributed by atoms with E-state index in [4.69, 9.17) is 4.74 Å². The molecule has 2 N–H and O–H groups in total. The Morgan fingerprint density at radius 1 is 1.29 bits per heavy atom. The first-order valence-electron chi connectivity index (χ1n) is 7.67. The molecule has 0 saturated carbocycles. The van der Waals surface area contributed by atoms with Gasteiger partial charge in [-0.25, -0.2) is 4.79 Å². The van der Waals surface area contributed by atoms with Crippen molar-refractivity contribution in [2.24, 2.45) is 0 Å². The van der Waals surface area contributed by atoms with Gasteiger partial charge in [-0.3, -0.25) is 5.32 Å². The van der Waals surface area contributed by atoms with Crippen LogP contribution >= 0.6 is 0 Å². The van der Waals surface area contributed by atoms with E-state index >= 15 is 0 Å². The number of ether oxygens (including phenoxy) is 1. The van der Waals surface area contributed by atoms with E-state index in [1.807, 2.05) is 45.0 Å². The van der Waals surface area contributed by atoms with Crippen molar-refractivity contribution < 1.29 is 9.53 Å². The van der Waals surface area contributed by atoms with Crippen LogP contribution in [-0.2, 0) is 4.74 Å². The van der Waals surface area contributed by atoms with Gasteiger partial charge in [-0.1, -0.05) is 25.8 Å². The minimum atomic E-state index is -0.491. The van der Waals surface area contributed by atoms with Crippen molar-refractivity contribution in [1.82, 2.24) is 0 Å². The van der Waals surface area contributed by atoms with Crippen molar-refractivity contribution >= 4 is 17.5 Å². The van der Waals surface area contributed by atoms with Gasteiger partial charge < -0.3 is 10.1 Å². The summed E-state index contributed by atoms with van der Waals surface area (Å²) in [6.07, 6.45) is 3.12. The van der Waals surface area contributed by atoms with E-state index < -0.39 is 11.7 Å². The highest BCUT2D eigenvalue weighted by atomic mass is 16.6. The number of hydrogen-bond donors (Lipinski definition) is 2. The standard InChI is InChI=1S/C17H28N2O2/c1-6-7-9-13(2)18-14-10-8-11-15(12-14)19-16(20)21-17(3,4)5/h8,10-13,18H,6-7,9H2,1-5H3,(H,19,20). The molecule has 1 rings (SSSR count). The number of anilines is 2. The van der Waals surface area contributed by atoms with Gasteiger partial charge in [-0.15, -0.1) is 0 Å². The molecule has 0 spiro atoms. The van der Waals surface area contributed by atoms with Crippen LogP contribution in [-0.4, -0.2) is 17.7 Å². The molecule has 0 heterocycles. The molecule has 4 nitrogen and oxygen atoms in total. The maximum Gasteiger partial charge on any atom is 0.412 e. The van der Waals surface area contributed by atoms with E-state index in [1.54, 1.807) is 0 Å². The first-order valence-corrected chi connectivity index (χ1v) is 7.67. The summed E-state index contributed by atoms with van der Waals surface area (Å²) >= 11 is 0. The largest absolute Gasteiger partial charge is 0.444 e. The molecule has 1 aromatic rings. The molecule has 118 valence electrons. The first-order chi connectivity index (χ1) is 9.80. The van der Waals surface area contributed by atoms with Gasteiger partial charge in [0.05, 0.1) is 0 Å². The van der Waals surface area contributed by atoms with Crippen molar-refractivity contribution in [1.29, 1.82) is 0 Å². The van der Waals surface area contributed by atoms with Crippen LogP contribution in [0.25, 0.3) is 0 Å². The molecule has 1 atom stereocenters. The SMILES string of the molecule is CCCCC(C)Nc1cccc(NC(=O)OC(C)(C)C)c1. The number of nitrogens with one attached hydrogen (secondary N) is 2. The Bertz CT molecular complexity index is 452. The van der Waals surface area contributed by atoms with Crippen LogP contribution in [0.2, 0.25) is 0 Å². The zero-order valence-corrected chi connectivity index (χ0v) is 13.8. The summed E-state index contributed by atoms with van der Waals surface area (Å²) < 4.78 is 5.25. The van der Waals surface area contributed by atoms with Gasteiger partial charge >= 0.3 is 6.09 Å². The second kappa shape index (κ2) is 7.91. The maximum atomic E-state index is 11.7. The molecule has 0 fully saturated rings. The smallest absolute Gasteiger partial charge is 0.412 e. The fourth-order valence-corrected chi connectivity index (χ4v) is 1.98. The van der Waals surface area contributed by atoms with Gasteiger partial charge in [0, 0.05) is 17.4 Å². The Kier molecular flexibility index (Phi) is 6.53. The number of unbranched alkanes of at least 4 members (excludes halogenated alkanes) is 1. The Morgan fingerprint density at radius 2 is 1.95 bits per heavy atom. The fourth-order valence-electron chi connectivity index (χ4n) is 1.98. The van der Waals surface area contributed by atoms with Crippen LogP contribution in [0.15, 0.2) is 24.3 Å². The van der Waals surface area contributed by atoms with Crippen LogP contribution in [0.4, 0.5) is 16.2 Å². The molecule has 0 aliphatic carbocycles. The Labute approximate surface area is 128 Å². The second-order valence-corrected chi connectivity index (χ2v) is 6.40. The molecule has 4 heteroatoms. The van der Waals surface area contributed by atoms with Gasteiger partial charge in [0.15, 0.2) is 0 Å². The lowest BCUT2D eigenvalue weighted by atomic mass is 10.1. The van der Waals surface area contributed by atoms with Crippen LogP contribution in [0.3, 0.4) is 0 Å². The summed E-state index contributed by atoms with van der Waals surface area (Å²) in [5.41, 5.74) is 1.25. The lowest BCUT2D eigenvalue weighted by Crippen LogP contribution is -2.27. The molecule has 1 aromatic carbocycles. The van der Waals surface area contributed by atoms with E-state index in [1.165, 1.54) is 12.8 Å². The summed E-state index contributed by atoms with van der Waals surface area (Å²) in [4.78, 5) is 11.7. The van der Waals surface area contributed by atoms with Gasteiger partial charge in [-0.05, 0) is 52.3 Å². The number of carbonyl (C=O) groups excluding carboxylic acids is 1. The minimum Gasteiger partial charge on any atom is -0.444 e. The molecule has 0 bridgehead atoms. The van der Waals surface area contributed by atoms with Gasteiger partial charge in [-0.2, -0.15) is 0 Å². The van der Waals surface area contributed by atoms with Crippen LogP contribution in [0.1, 0.15) is 53.9 Å². The number of carbonyl (C=O) groups is 1. The zero-order valence-electron chi connectivity index (χ0n) is 13.8. The summed E-state index contributed by atoms with van der Waals surface area (Å²) in [7, 11) is 0. The van der Waals surface area contributed by atoms with E-state index in [9.17, 15) is 4.79 Å². The average Bonchev–Trinajstić information content (AvgIpc) is 2.34. The summed E-state index contributed by atoms with van der Waals surface area (Å²) in [6.45, 7) is 9.90. The van der Waals surface area contributed by atoms with Gasteiger partial charge in [0.25, 0.3) is 0 Å². The van der Waals surface area contributed by atoms with Gasteiger partial charge in [0.1, 0.15) is 5.60 Å². The third-order valence-corrected chi connectivity index (χ3v) is 2.91. The molecule has 0 aliphatic heterocycles. The van der Waals surface area contributed by atoms with Crippen LogP contribution in [0, 0.1) is 0 Å². The molecule has 0 aliphatic rings. The molecule has 0 radical (unpaired) electrons. The van der Waals surface area contributed by atoms with E-state index in [0.717, 1.165) is 17.8 Å². The number of benzene rings is 1. The number of hydrogen-bond acceptors (Lipinski definition) is 3. The van der Waals surface area contributed by atoms with Gasteiger partial charge in [0.2, 0.25) is 0 Å². The highest BCUT2D eigenvalue weighted by Gasteiger charge is 2.16. The quantitative estimate of drug-likeness (QED) is 0.773. The third kappa shape index (κ3) is 7.59. The lowest BCUT2D eigenvalue weighted by Gasteiger charge is -2.20. The molecule has 1 unspecified atom stereocenters. The molecular weight excluding hydrogens is 264 g/mol. The Morgan fingerprint density at radius 3 is 2.57 bits per heavy atom. The molecular formula is C17H28N2O2. The first kappa shape index (κ1) is 17.3. The summed E-state index contributed by atoms with van der Waals surface area (Å²) in [6, 6.07) is 8.12. The van der Waals surface area contributed by atoms with Crippen molar-refractivity contribution in [2.75, 3.05) is 10.6 Å². The molecule has 1 amide bonds. The number of rotatable bonds is 6. The van der Waals surface area contributed by atoms with Crippen LogP contribution < -0.4 is 10.6 Å². The highest BCUT2D eigenvalue weighted by Crippen LogP contribution is 2.18. The van der Waals surface area contributed by atoms with E-state index in [0.29, 0.717) is 6.04 Å². The number of amides is 1. The van der Waals surface area contributed by atoms with E-state index in [2.05, 4.69) is 24.5 Å². The maximum absolute atomic E-state index is 11.7. The molecule has 0 aromatic heterocycles. The Hall–Kier alpha value is -1.71. The molecule has 21 heavy (non-hydrogen) atoms.